The van der Waals surface area contributed by atoms with E-state index in [9.17, 15) is 9.59 Å². The van der Waals surface area contributed by atoms with Crippen molar-refractivity contribution in [1.82, 2.24) is 0 Å². The Morgan fingerprint density at radius 2 is 2.03 bits per heavy atom. The number of hydrogen-bond acceptors (Lipinski definition) is 6. The third-order valence-electron chi connectivity index (χ3n) is 5.73. The lowest BCUT2D eigenvalue weighted by atomic mass is 9.67. The van der Waals surface area contributed by atoms with Crippen molar-refractivity contribution in [2.45, 2.75) is 39.5 Å². The fraction of sp³-hybridized carbons (Fsp3) is 0.435. The third-order valence-corrected chi connectivity index (χ3v) is 6.05. The van der Waals surface area contributed by atoms with Crippen molar-refractivity contribution in [3.63, 3.8) is 0 Å². The van der Waals surface area contributed by atoms with Gasteiger partial charge in [0.2, 0.25) is 6.79 Å². The zero-order valence-electron chi connectivity index (χ0n) is 17.3. The van der Waals surface area contributed by atoms with E-state index in [0.717, 1.165) is 5.70 Å². The van der Waals surface area contributed by atoms with Crippen LogP contribution < -0.4 is 9.47 Å². The van der Waals surface area contributed by atoms with E-state index in [1.54, 1.807) is 19.1 Å². The van der Waals surface area contributed by atoms with E-state index in [4.69, 9.17) is 25.8 Å². The van der Waals surface area contributed by atoms with Crippen molar-refractivity contribution in [2.24, 2.45) is 16.3 Å². The van der Waals surface area contributed by atoms with Gasteiger partial charge in [-0.25, -0.2) is 0 Å². The van der Waals surface area contributed by atoms with E-state index in [1.165, 1.54) is 6.08 Å². The number of rotatable bonds is 4. The van der Waals surface area contributed by atoms with E-state index >= 15 is 0 Å². The molecule has 0 spiro atoms. The second-order valence-electron chi connectivity index (χ2n) is 8.66. The monoisotopic (exact) mass is 429 g/mol. The van der Waals surface area contributed by atoms with E-state index in [2.05, 4.69) is 11.6 Å². The Morgan fingerprint density at radius 1 is 1.33 bits per heavy atom. The molecule has 7 heteroatoms. The fourth-order valence-electron chi connectivity index (χ4n) is 4.49. The third kappa shape index (κ3) is 3.54. The van der Waals surface area contributed by atoms with Crippen molar-refractivity contribution in [3.05, 3.63) is 46.6 Å². The molecule has 2 heterocycles. The smallest absolute Gasteiger partial charge is 0.315 e. The van der Waals surface area contributed by atoms with Gasteiger partial charge in [-0.05, 0) is 30.4 Å². The number of nitrogens with zero attached hydrogens (tertiary/aromatic N) is 1. The van der Waals surface area contributed by atoms with Crippen LogP contribution in [0.4, 0.5) is 0 Å². The summed E-state index contributed by atoms with van der Waals surface area (Å²) in [6, 6.07) is 3.43. The summed E-state index contributed by atoms with van der Waals surface area (Å²) in [7, 11) is 0. The number of carbonyl (C=O) groups excluding carboxylic acids is 2. The molecule has 1 aromatic carbocycles. The van der Waals surface area contributed by atoms with E-state index in [0.29, 0.717) is 46.2 Å². The first kappa shape index (κ1) is 20.7. The van der Waals surface area contributed by atoms with Gasteiger partial charge in [0.25, 0.3) is 0 Å². The van der Waals surface area contributed by atoms with Gasteiger partial charge in [0, 0.05) is 40.4 Å². The standard InChI is InChI=1S/C23H24ClNO5/c1-5-6-28-22(27)19-12(2)25-15-9-23(3,4)10-16(26)21(15)20(19)13-7-17-18(8-14(13)24)30-11-29-17/h5,7-8,19-20H,1,6,9-11H2,2-4H3/t19?,20-/m0/s1. The number of allylic oxidation sites excluding steroid dienone is 2. The van der Waals surface area contributed by atoms with E-state index in [1.807, 2.05) is 13.8 Å². The molecule has 4 rings (SSSR count). The van der Waals surface area contributed by atoms with Crippen LogP contribution in [0.1, 0.15) is 45.1 Å². The highest BCUT2D eigenvalue weighted by Gasteiger charge is 2.47. The SMILES string of the molecule is C=CCOC(=O)C1C(C)=NC2=C(C(=O)CC(C)(C)C2)[C@H]1c1cc2c(cc1Cl)OCO2. The molecule has 0 N–H and O–H groups in total. The maximum atomic E-state index is 13.3. The van der Waals surface area contributed by atoms with Crippen LogP contribution in [0.5, 0.6) is 11.5 Å². The lowest BCUT2D eigenvalue weighted by Gasteiger charge is -2.39. The highest BCUT2D eigenvalue weighted by atomic mass is 35.5. The number of carbonyl (C=O) groups is 2. The first-order chi connectivity index (χ1) is 14.2. The number of ether oxygens (including phenoxy) is 3. The zero-order valence-corrected chi connectivity index (χ0v) is 18.0. The minimum atomic E-state index is -0.758. The van der Waals surface area contributed by atoms with Gasteiger partial charge in [0.05, 0.1) is 0 Å². The largest absolute Gasteiger partial charge is 0.461 e. The molecule has 2 aliphatic heterocycles. The fourth-order valence-corrected chi connectivity index (χ4v) is 4.76. The number of ketones is 1. The van der Waals surface area contributed by atoms with Gasteiger partial charge in [-0.2, -0.15) is 0 Å². The summed E-state index contributed by atoms with van der Waals surface area (Å²) in [5, 5.41) is 0.407. The van der Waals surface area contributed by atoms with Crippen molar-refractivity contribution in [1.29, 1.82) is 0 Å². The first-order valence-electron chi connectivity index (χ1n) is 9.90. The molecule has 0 bridgehead atoms. The molecule has 0 saturated carbocycles. The first-order valence-corrected chi connectivity index (χ1v) is 10.3. The Kier molecular flexibility index (Phi) is 5.22. The molecule has 0 radical (unpaired) electrons. The second-order valence-corrected chi connectivity index (χ2v) is 9.06. The molecular weight excluding hydrogens is 406 g/mol. The second kappa shape index (κ2) is 7.58. The molecule has 0 fully saturated rings. The Bertz CT molecular complexity index is 1010. The zero-order chi connectivity index (χ0) is 21.6. The number of hydrogen-bond donors (Lipinski definition) is 0. The summed E-state index contributed by atoms with van der Waals surface area (Å²) >= 11 is 6.62. The van der Waals surface area contributed by atoms with Crippen molar-refractivity contribution in [2.75, 3.05) is 13.4 Å². The topological polar surface area (TPSA) is 74.2 Å². The quantitative estimate of drug-likeness (QED) is 0.516. The minimum Gasteiger partial charge on any atom is -0.461 e. The summed E-state index contributed by atoms with van der Waals surface area (Å²) in [6.07, 6.45) is 2.54. The number of benzene rings is 1. The van der Waals surface area contributed by atoms with Crippen molar-refractivity contribution in [3.8, 4) is 11.5 Å². The van der Waals surface area contributed by atoms with E-state index < -0.39 is 17.8 Å². The van der Waals surface area contributed by atoms with Crippen LogP contribution in [-0.2, 0) is 14.3 Å². The molecular formula is C23H24ClNO5. The Balaban J connectivity index is 1.88. The summed E-state index contributed by atoms with van der Waals surface area (Å²) < 4.78 is 16.3. The maximum Gasteiger partial charge on any atom is 0.315 e. The van der Waals surface area contributed by atoms with Crippen molar-refractivity contribution >= 4 is 29.1 Å². The van der Waals surface area contributed by atoms with Gasteiger partial charge in [0.15, 0.2) is 17.3 Å². The highest BCUT2D eigenvalue weighted by molar-refractivity contribution is 6.32. The molecule has 30 heavy (non-hydrogen) atoms. The number of aliphatic imine (C=N–C) groups is 1. The lowest BCUT2D eigenvalue weighted by Crippen LogP contribution is -2.39. The van der Waals surface area contributed by atoms with Gasteiger partial charge in [-0.3, -0.25) is 14.6 Å². The van der Waals surface area contributed by atoms with Crippen LogP contribution >= 0.6 is 11.6 Å². The minimum absolute atomic E-state index is 0.0160. The summed E-state index contributed by atoms with van der Waals surface area (Å²) in [4.78, 5) is 31.0. The predicted octanol–water partition coefficient (Wildman–Crippen LogP) is 4.62. The van der Waals surface area contributed by atoms with Crippen molar-refractivity contribution < 1.29 is 23.8 Å². The lowest BCUT2D eigenvalue weighted by molar-refractivity contribution is -0.145. The molecule has 0 saturated heterocycles. The van der Waals surface area contributed by atoms with E-state index in [-0.39, 0.29) is 24.6 Å². The summed E-state index contributed by atoms with van der Waals surface area (Å²) in [5.74, 6) is -0.747. The van der Waals surface area contributed by atoms with Gasteiger partial charge in [0.1, 0.15) is 12.5 Å². The summed E-state index contributed by atoms with van der Waals surface area (Å²) in [5.41, 5.74) is 2.31. The van der Waals surface area contributed by atoms with Crippen LogP contribution in [0.25, 0.3) is 0 Å². The number of fused-ring (bicyclic) bond motifs is 1. The Hall–Kier alpha value is -2.60. The average molecular weight is 430 g/mol. The highest BCUT2D eigenvalue weighted by Crippen LogP contribution is 2.51. The van der Waals surface area contributed by atoms with Gasteiger partial charge >= 0.3 is 5.97 Å². The molecule has 0 aromatic heterocycles. The maximum absolute atomic E-state index is 13.3. The number of Topliss-reactive ketones (excluding diaryl/α,β-unsaturated/α-hetero) is 1. The normalized spacial score (nSPS) is 24.3. The van der Waals surface area contributed by atoms with Gasteiger partial charge in [-0.1, -0.05) is 38.1 Å². The molecule has 158 valence electrons. The number of halogens is 1. The van der Waals surface area contributed by atoms with Crippen LogP contribution in [0.15, 0.2) is 41.1 Å². The van der Waals surface area contributed by atoms with Crippen LogP contribution in [0.2, 0.25) is 5.02 Å². The molecule has 2 atom stereocenters. The molecule has 3 aliphatic rings. The Labute approximate surface area is 180 Å². The van der Waals surface area contributed by atoms with Crippen LogP contribution in [0, 0.1) is 11.3 Å². The molecule has 6 nitrogen and oxygen atoms in total. The number of esters is 1. The predicted molar refractivity (Wildman–Crippen MR) is 113 cm³/mol. The van der Waals surface area contributed by atoms with Crippen LogP contribution in [-0.4, -0.2) is 30.9 Å². The van der Waals surface area contributed by atoms with Gasteiger partial charge < -0.3 is 14.2 Å². The van der Waals surface area contributed by atoms with Crippen LogP contribution in [0.3, 0.4) is 0 Å². The molecule has 0 amide bonds. The molecule has 1 aliphatic carbocycles. The Morgan fingerprint density at radius 3 is 2.73 bits per heavy atom. The summed E-state index contributed by atoms with van der Waals surface area (Å²) in [6.45, 7) is 9.67. The molecule has 1 aromatic rings. The molecule has 1 unspecified atom stereocenters. The average Bonchev–Trinajstić information content (AvgIpc) is 3.10. The van der Waals surface area contributed by atoms with Gasteiger partial charge in [-0.15, -0.1) is 0 Å².